The van der Waals surface area contributed by atoms with Crippen molar-refractivity contribution in [3.63, 3.8) is 0 Å². The Hall–Kier alpha value is -2.69. The fraction of sp³-hybridized carbons (Fsp3) is 0.458. The third-order valence-corrected chi connectivity index (χ3v) is 5.93. The number of piperazine rings is 1. The zero-order valence-electron chi connectivity index (χ0n) is 17.2. The normalized spacial score (nSPS) is 18.5. The van der Waals surface area contributed by atoms with E-state index in [-0.39, 0.29) is 11.9 Å². The first-order valence-electron chi connectivity index (χ1n) is 10.8. The summed E-state index contributed by atoms with van der Waals surface area (Å²) in [6, 6.07) is 18.1. The minimum atomic E-state index is -0.250. The number of carbonyl (C=O) groups is 1. The average molecular weight is 394 g/mol. The summed E-state index contributed by atoms with van der Waals surface area (Å²) in [5.41, 5.74) is 2.18. The van der Waals surface area contributed by atoms with Crippen LogP contribution in [-0.2, 0) is 4.79 Å². The van der Waals surface area contributed by atoms with E-state index >= 15 is 0 Å². The highest BCUT2D eigenvalue weighted by Gasteiger charge is 2.25. The van der Waals surface area contributed by atoms with E-state index in [1.165, 1.54) is 18.5 Å². The predicted octanol–water partition coefficient (Wildman–Crippen LogP) is 4.16. The van der Waals surface area contributed by atoms with Crippen LogP contribution in [0.5, 0.6) is 5.75 Å². The largest absolute Gasteiger partial charge is 0.490 e. The van der Waals surface area contributed by atoms with E-state index in [2.05, 4.69) is 34.5 Å². The number of ether oxygens (including phenoxy) is 1. The fourth-order valence-electron chi connectivity index (χ4n) is 4.24. The van der Waals surface area contributed by atoms with E-state index in [0.29, 0.717) is 6.10 Å². The molecule has 4 rings (SSSR count). The van der Waals surface area contributed by atoms with E-state index in [4.69, 9.17) is 4.74 Å². The number of anilines is 2. The molecule has 1 heterocycles. The molecule has 5 nitrogen and oxygen atoms in total. The van der Waals surface area contributed by atoms with E-state index in [1.54, 1.807) is 0 Å². The highest BCUT2D eigenvalue weighted by atomic mass is 16.5. The molecular weight excluding hydrogens is 362 g/mol. The monoisotopic (exact) mass is 393 g/mol. The molecule has 1 aliphatic carbocycles. The van der Waals surface area contributed by atoms with Crippen LogP contribution in [0.1, 0.15) is 32.6 Å². The van der Waals surface area contributed by atoms with Crippen LogP contribution in [0.2, 0.25) is 0 Å². The van der Waals surface area contributed by atoms with Crippen molar-refractivity contribution < 1.29 is 9.53 Å². The van der Waals surface area contributed by atoms with E-state index in [0.717, 1.165) is 50.5 Å². The lowest BCUT2D eigenvalue weighted by Gasteiger charge is -2.37. The molecule has 1 atom stereocenters. The number of para-hydroxylation sites is 1. The van der Waals surface area contributed by atoms with Gasteiger partial charge >= 0.3 is 0 Å². The Morgan fingerprint density at radius 3 is 2.28 bits per heavy atom. The number of nitrogens with zero attached hydrogens (tertiary/aromatic N) is 2. The van der Waals surface area contributed by atoms with E-state index in [9.17, 15) is 4.79 Å². The summed E-state index contributed by atoms with van der Waals surface area (Å²) in [4.78, 5) is 17.2. The summed E-state index contributed by atoms with van der Waals surface area (Å²) in [5.74, 6) is 1.07. The summed E-state index contributed by atoms with van der Waals surface area (Å²) in [6.45, 7) is 5.20. The molecule has 0 aromatic heterocycles. The summed E-state index contributed by atoms with van der Waals surface area (Å²) in [6.07, 6.45) is 5.21. The van der Waals surface area contributed by atoms with Crippen LogP contribution >= 0.6 is 0 Å². The van der Waals surface area contributed by atoms with Crippen molar-refractivity contribution in [3.8, 4) is 5.75 Å². The van der Waals surface area contributed by atoms with Gasteiger partial charge in [-0.1, -0.05) is 18.2 Å². The lowest BCUT2D eigenvalue weighted by atomic mass is 10.2. The van der Waals surface area contributed by atoms with Gasteiger partial charge in [-0.05, 0) is 69.0 Å². The van der Waals surface area contributed by atoms with Crippen LogP contribution in [0, 0.1) is 0 Å². The molecule has 2 fully saturated rings. The molecule has 1 unspecified atom stereocenters. The quantitative estimate of drug-likeness (QED) is 0.801. The minimum Gasteiger partial charge on any atom is -0.490 e. The average Bonchev–Trinajstić information content (AvgIpc) is 3.28. The molecular formula is C24H31N3O2. The van der Waals surface area contributed by atoms with Gasteiger partial charge in [0.1, 0.15) is 11.8 Å². The van der Waals surface area contributed by atoms with Gasteiger partial charge in [0, 0.05) is 37.6 Å². The van der Waals surface area contributed by atoms with Crippen molar-refractivity contribution in [2.24, 2.45) is 0 Å². The summed E-state index contributed by atoms with van der Waals surface area (Å²) in [7, 11) is 0. The molecule has 1 N–H and O–H groups in total. The van der Waals surface area contributed by atoms with Crippen molar-refractivity contribution in [2.75, 3.05) is 36.4 Å². The Balaban J connectivity index is 1.26. The van der Waals surface area contributed by atoms with Gasteiger partial charge in [-0.3, -0.25) is 4.79 Å². The number of amides is 1. The van der Waals surface area contributed by atoms with Gasteiger partial charge < -0.3 is 19.9 Å². The Bertz CT molecular complexity index is 780. The molecule has 1 saturated heterocycles. The van der Waals surface area contributed by atoms with Crippen molar-refractivity contribution in [1.82, 2.24) is 4.90 Å². The summed E-state index contributed by atoms with van der Waals surface area (Å²) in [5, 5.41) is 3.34. The highest BCUT2D eigenvalue weighted by Crippen LogP contribution is 2.25. The van der Waals surface area contributed by atoms with Crippen LogP contribution in [0.25, 0.3) is 0 Å². The maximum absolute atomic E-state index is 12.9. The number of nitrogens with one attached hydrogen (secondary N) is 1. The number of carbonyl (C=O) groups excluding carboxylic acids is 1. The topological polar surface area (TPSA) is 44.8 Å². The third kappa shape index (κ3) is 5.03. The van der Waals surface area contributed by atoms with Gasteiger partial charge in [-0.2, -0.15) is 0 Å². The smallest absolute Gasteiger partial charge is 0.244 e. The first-order valence-corrected chi connectivity index (χ1v) is 10.8. The highest BCUT2D eigenvalue weighted by molar-refractivity contribution is 5.84. The molecule has 0 bridgehead atoms. The first-order chi connectivity index (χ1) is 14.2. The zero-order chi connectivity index (χ0) is 20.1. The first kappa shape index (κ1) is 19.6. The second-order valence-electron chi connectivity index (χ2n) is 8.06. The Kier molecular flexibility index (Phi) is 6.23. The van der Waals surface area contributed by atoms with Gasteiger partial charge in [0.05, 0.1) is 6.10 Å². The van der Waals surface area contributed by atoms with Crippen molar-refractivity contribution >= 4 is 17.3 Å². The molecule has 0 spiro atoms. The molecule has 1 aliphatic heterocycles. The molecule has 2 aliphatic rings. The van der Waals surface area contributed by atoms with Gasteiger partial charge in [0.25, 0.3) is 0 Å². The van der Waals surface area contributed by atoms with Crippen LogP contribution in [0.3, 0.4) is 0 Å². The summed E-state index contributed by atoms with van der Waals surface area (Å²) < 4.78 is 6.02. The van der Waals surface area contributed by atoms with Crippen LogP contribution in [0.15, 0.2) is 54.6 Å². The van der Waals surface area contributed by atoms with Crippen LogP contribution in [0.4, 0.5) is 11.4 Å². The lowest BCUT2D eigenvalue weighted by Crippen LogP contribution is -2.52. The summed E-state index contributed by atoms with van der Waals surface area (Å²) >= 11 is 0. The Morgan fingerprint density at radius 1 is 0.966 bits per heavy atom. The molecule has 0 radical (unpaired) electrons. The molecule has 1 amide bonds. The van der Waals surface area contributed by atoms with Crippen molar-refractivity contribution in [3.05, 3.63) is 54.6 Å². The SMILES string of the molecule is CC(Nc1ccc(OC2CCCC2)cc1)C(=O)N1CCN(c2ccccc2)CC1. The second-order valence-corrected chi connectivity index (χ2v) is 8.06. The molecule has 5 heteroatoms. The Morgan fingerprint density at radius 2 is 1.62 bits per heavy atom. The van der Waals surface area contributed by atoms with Gasteiger partial charge in [0.2, 0.25) is 5.91 Å². The predicted molar refractivity (Wildman–Crippen MR) is 118 cm³/mol. The van der Waals surface area contributed by atoms with Gasteiger partial charge in [0.15, 0.2) is 0 Å². The van der Waals surface area contributed by atoms with Crippen molar-refractivity contribution in [2.45, 2.75) is 44.8 Å². The molecule has 154 valence electrons. The number of rotatable bonds is 6. The standard InChI is InChI=1S/C24H31N3O2/c1-19(25-20-11-13-23(14-12-20)29-22-9-5-6-10-22)24(28)27-17-15-26(16-18-27)21-7-3-2-4-8-21/h2-4,7-8,11-14,19,22,25H,5-6,9-10,15-18H2,1H3. The number of hydrogen-bond acceptors (Lipinski definition) is 4. The molecule has 2 aromatic rings. The Labute approximate surface area is 173 Å². The molecule has 2 aromatic carbocycles. The van der Waals surface area contributed by atoms with Gasteiger partial charge in [-0.15, -0.1) is 0 Å². The van der Waals surface area contributed by atoms with Crippen molar-refractivity contribution in [1.29, 1.82) is 0 Å². The van der Waals surface area contributed by atoms with E-state index in [1.807, 2.05) is 42.2 Å². The maximum atomic E-state index is 12.9. The number of hydrogen-bond donors (Lipinski definition) is 1. The number of benzene rings is 2. The third-order valence-electron chi connectivity index (χ3n) is 5.93. The maximum Gasteiger partial charge on any atom is 0.244 e. The minimum absolute atomic E-state index is 0.156. The fourth-order valence-corrected chi connectivity index (χ4v) is 4.24. The molecule has 1 saturated carbocycles. The second kappa shape index (κ2) is 9.21. The van der Waals surface area contributed by atoms with E-state index < -0.39 is 0 Å². The lowest BCUT2D eigenvalue weighted by molar-refractivity contribution is -0.131. The zero-order valence-corrected chi connectivity index (χ0v) is 17.2. The molecule has 29 heavy (non-hydrogen) atoms. The van der Waals surface area contributed by atoms with Crippen LogP contribution in [-0.4, -0.2) is 49.1 Å². The van der Waals surface area contributed by atoms with Crippen LogP contribution < -0.4 is 15.0 Å². The van der Waals surface area contributed by atoms with Gasteiger partial charge in [-0.25, -0.2) is 0 Å².